The number of hydrogen-bond donors (Lipinski definition) is 2. The van der Waals surface area contributed by atoms with Crippen molar-refractivity contribution >= 4 is 35.2 Å². The lowest BCUT2D eigenvalue weighted by Gasteiger charge is -2.33. The maximum absolute atomic E-state index is 13.0. The van der Waals surface area contributed by atoms with Gasteiger partial charge in [0.2, 0.25) is 5.91 Å². The summed E-state index contributed by atoms with van der Waals surface area (Å²) in [5, 5.41) is 6.44. The van der Waals surface area contributed by atoms with Crippen LogP contribution in [0.5, 0.6) is 0 Å². The van der Waals surface area contributed by atoms with Crippen LogP contribution in [0, 0.1) is 6.92 Å². The van der Waals surface area contributed by atoms with E-state index in [0.29, 0.717) is 17.0 Å². The molecule has 2 aromatic rings. The van der Waals surface area contributed by atoms with Crippen LogP contribution in [0.1, 0.15) is 40.7 Å². The van der Waals surface area contributed by atoms with Crippen molar-refractivity contribution in [2.24, 2.45) is 0 Å². The van der Waals surface area contributed by atoms with Crippen molar-refractivity contribution in [1.82, 2.24) is 15.5 Å². The minimum absolute atomic E-state index is 0.114. The normalized spacial score (nSPS) is 15.8. The van der Waals surface area contributed by atoms with Crippen LogP contribution >= 0.6 is 23.4 Å². The number of carbonyl (C=O) groups excluding carboxylic acids is 2. The Morgan fingerprint density at radius 3 is 2.59 bits per heavy atom. The summed E-state index contributed by atoms with van der Waals surface area (Å²) in [5.41, 5.74) is 2.99. The first-order valence-electron chi connectivity index (χ1n) is 11.1. The Hall–Kier alpha value is -2.02. The van der Waals surface area contributed by atoms with Crippen LogP contribution in [0.4, 0.5) is 0 Å². The molecule has 1 aliphatic heterocycles. The van der Waals surface area contributed by atoms with Gasteiger partial charge < -0.3 is 10.6 Å². The third-order valence-corrected chi connectivity index (χ3v) is 6.75. The van der Waals surface area contributed by atoms with Gasteiger partial charge in [-0.05, 0) is 55.9 Å². The number of nitrogens with one attached hydrogen (secondary N) is 2. The quantitative estimate of drug-likeness (QED) is 0.570. The van der Waals surface area contributed by atoms with E-state index in [1.165, 1.54) is 11.1 Å². The second-order valence-corrected chi connectivity index (χ2v) is 9.73. The monoisotopic (exact) mass is 473 g/mol. The molecule has 2 aromatic carbocycles. The molecule has 0 aliphatic carbocycles. The van der Waals surface area contributed by atoms with Crippen molar-refractivity contribution in [3.8, 4) is 0 Å². The zero-order valence-electron chi connectivity index (χ0n) is 18.8. The highest BCUT2D eigenvalue weighted by atomic mass is 35.5. The molecule has 2 amide bonds. The predicted molar refractivity (Wildman–Crippen MR) is 133 cm³/mol. The molecule has 7 heteroatoms. The van der Waals surface area contributed by atoms with Crippen LogP contribution in [0.2, 0.25) is 5.02 Å². The maximum atomic E-state index is 13.0. The smallest absolute Gasteiger partial charge is 0.253 e. The highest BCUT2D eigenvalue weighted by Gasteiger charge is 2.26. The first-order valence-corrected chi connectivity index (χ1v) is 12.9. The van der Waals surface area contributed by atoms with Crippen molar-refractivity contribution in [2.75, 3.05) is 25.1 Å². The molecule has 0 saturated carbocycles. The summed E-state index contributed by atoms with van der Waals surface area (Å²) in [6, 6.07) is 15.1. The van der Waals surface area contributed by atoms with Crippen molar-refractivity contribution in [3.63, 3.8) is 0 Å². The fourth-order valence-corrected chi connectivity index (χ4v) is 4.68. The Morgan fingerprint density at radius 1 is 1.16 bits per heavy atom. The van der Waals surface area contributed by atoms with Gasteiger partial charge in [0.05, 0.1) is 10.6 Å². The average molecular weight is 474 g/mol. The number of nitrogens with zero attached hydrogens (tertiary/aromatic N) is 1. The molecular weight excluding hydrogens is 442 g/mol. The van der Waals surface area contributed by atoms with Gasteiger partial charge in [-0.15, -0.1) is 0 Å². The van der Waals surface area contributed by atoms with Crippen molar-refractivity contribution in [2.45, 2.75) is 44.8 Å². The largest absolute Gasteiger partial charge is 0.351 e. The summed E-state index contributed by atoms with van der Waals surface area (Å²) in [6.07, 6.45) is 4.39. The second kappa shape index (κ2) is 12.3. The second-order valence-electron chi connectivity index (χ2n) is 8.34. The molecule has 0 spiro atoms. The zero-order chi connectivity index (χ0) is 22.9. The number of aryl methyl sites for hydroxylation is 1. The molecule has 0 radical (unpaired) electrons. The molecule has 0 bridgehead atoms. The fourth-order valence-electron chi connectivity index (χ4n) is 3.99. The molecule has 172 valence electrons. The van der Waals surface area contributed by atoms with E-state index in [4.69, 9.17) is 11.6 Å². The standard InChI is InChI=1S/C25H32ClN3O2S/c1-18-6-5-7-19(16-18)17-29-13-10-20(11-14-29)27-25(31)23(12-15-32-2)28-24(30)21-8-3-4-9-22(21)26/h3-9,16,20,23H,10-15,17H2,1-2H3,(H,27,31)(H,28,30). The van der Waals surface area contributed by atoms with E-state index in [0.717, 1.165) is 38.2 Å². The third kappa shape index (κ3) is 7.26. The van der Waals surface area contributed by atoms with E-state index in [1.807, 2.05) is 6.26 Å². The summed E-state index contributed by atoms with van der Waals surface area (Å²) in [5.74, 6) is 0.358. The van der Waals surface area contributed by atoms with E-state index < -0.39 is 6.04 Å². The number of hydrogen-bond acceptors (Lipinski definition) is 4. The van der Waals surface area contributed by atoms with Gasteiger partial charge in [-0.1, -0.05) is 53.6 Å². The SMILES string of the molecule is CSCCC(NC(=O)c1ccccc1Cl)C(=O)NC1CCN(Cc2cccc(C)c2)CC1. The van der Waals surface area contributed by atoms with Crippen molar-refractivity contribution < 1.29 is 9.59 Å². The summed E-state index contributed by atoms with van der Waals surface area (Å²) in [6.45, 7) is 4.94. The van der Waals surface area contributed by atoms with Gasteiger partial charge in [0.1, 0.15) is 6.04 Å². The van der Waals surface area contributed by atoms with Crippen LogP contribution in [-0.2, 0) is 11.3 Å². The highest BCUT2D eigenvalue weighted by Crippen LogP contribution is 2.17. The number of carbonyl (C=O) groups is 2. The predicted octanol–water partition coefficient (Wildman–Crippen LogP) is 4.28. The molecule has 1 fully saturated rings. The lowest BCUT2D eigenvalue weighted by atomic mass is 10.0. The summed E-state index contributed by atoms with van der Waals surface area (Å²) in [7, 11) is 0. The van der Waals surface area contributed by atoms with Crippen LogP contribution in [0.3, 0.4) is 0 Å². The minimum atomic E-state index is -0.573. The van der Waals surface area contributed by atoms with E-state index in [9.17, 15) is 9.59 Å². The summed E-state index contributed by atoms with van der Waals surface area (Å²) >= 11 is 7.81. The van der Waals surface area contributed by atoms with Gasteiger partial charge in [0, 0.05) is 25.7 Å². The Morgan fingerprint density at radius 2 is 1.91 bits per heavy atom. The van der Waals surface area contributed by atoms with Gasteiger partial charge in [0.25, 0.3) is 5.91 Å². The molecule has 2 N–H and O–H groups in total. The lowest BCUT2D eigenvalue weighted by Crippen LogP contribution is -2.52. The van der Waals surface area contributed by atoms with Crippen molar-refractivity contribution in [3.05, 3.63) is 70.2 Å². The van der Waals surface area contributed by atoms with Crippen LogP contribution in [0.25, 0.3) is 0 Å². The summed E-state index contributed by atoms with van der Waals surface area (Å²) in [4.78, 5) is 28.1. The average Bonchev–Trinajstić information content (AvgIpc) is 2.78. The summed E-state index contributed by atoms with van der Waals surface area (Å²) < 4.78 is 0. The number of amides is 2. The number of rotatable bonds is 9. The number of benzene rings is 2. The topological polar surface area (TPSA) is 61.4 Å². The Labute approximate surface area is 200 Å². The molecular formula is C25H32ClN3O2S. The van der Waals surface area contributed by atoms with Gasteiger partial charge >= 0.3 is 0 Å². The molecule has 1 saturated heterocycles. The zero-order valence-corrected chi connectivity index (χ0v) is 20.3. The molecule has 3 rings (SSSR count). The first kappa shape index (κ1) is 24.6. The van der Waals surface area contributed by atoms with E-state index >= 15 is 0 Å². The number of likely N-dealkylation sites (tertiary alicyclic amines) is 1. The number of piperidine rings is 1. The van der Waals surface area contributed by atoms with Crippen LogP contribution in [-0.4, -0.2) is 53.9 Å². The van der Waals surface area contributed by atoms with Crippen LogP contribution in [0.15, 0.2) is 48.5 Å². The van der Waals surface area contributed by atoms with E-state index in [1.54, 1.807) is 36.0 Å². The maximum Gasteiger partial charge on any atom is 0.253 e. The third-order valence-electron chi connectivity index (χ3n) is 5.77. The fraction of sp³-hybridized carbons (Fsp3) is 0.440. The molecule has 0 aromatic heterocycles. The molecule has 1 aliphatic rings. The molecule has 32 heavy (non-hydrogen) atoms. The highest BCUT2D eigenvalue weighted by molar-refractivity contribution is 7.98. The molecule has 1 unspecified atom stereocenters. The van der Waals surface area contributed by atoms with E-state index in [-0.39, 0.29) is 17.9 Å². The molecule has 1 atom stereocenters. The van der Waals surface area contributed by atoms with Gasteiger partial charge in [-0.3, -0.25) is 14.5 Å². The molecule has 1 heterocycles. The Kier molecular flexibility index (Phi) is 9.45. The Bertz CT molecular complexity index is 916. The minimum Gasteiger partial charge on any atom is -0.351 e. The van der Waals surface area contributed by atoms with Gasteiger partial charge in [-0.25, -0.2) is 0 Å². The lowest BCUT2D eigenvalue weighted by molar-refractivity contribution is -0.124. The van der Waals surface area contributed by atoms with Gasteiger partial charge in [-0.2, -0.15) is 11.8 Å². The van der Waals surface area contributed by atoms with E-state index in [2.05, 4.69) is 46.7 Å². The first-order chi connectivity index (χ1) is 15.5. The number of halogens is 1. The molecule has 5 nitrogen and oxygen atoms in total. The number of thioether (sulfide) groups is 1. The van der Waals surface area contributed by atoms with Gasteiger partial charge in [0.15, 0.2) is 0 Å². The van der Waals surface area contributed by atoms with Crippen molar-refractivity contribution in [1.29, 1.82) is 0 Å². The van der Waals surface area contributed by atoms with Crippen LogP contribution < -0.4 is 10.6 Å². The Balaban J connectivity index is 1.52.